The van der Waals surface area contributed by atoms with E-state index in [1.807, 2.05) is 12.1 Å². The Hall–Kier alpha value is -3.35. The molecule has 1 fully saturated rings. The predicted molar refractivity (Wildman–Crippen MR) is 132 cm³/mol. The van der Waals surface area contributed by atoms with E-state index in [-0.39, 0.29) is 30.0 Å². The minimum Gasteiger partial charge on any atom is -0.452 e. The van der Waals surface area contributed by atoms with Crippen LogP contribution in [-0.2, 0) is 22.4 Å². The molecule has 2 aromatic carbocycles. The molecule has 178 valence electrons. The van der Waals surface area contributed by atoms with Crippen molar-refractivity contribution in [1.29, 1.82) is 0 Å². The molecule has 7 heteroatoms. The smallest absolute Gasteiger partial charge is 0.414 e. The van der Waals surface area contributed by atoms with E-state index in [9.17, 15) is 9.59 Å². The Bertz CT molecular complexity index is 1210. The number of hydrogen-bond acceptors (Lipinski definition) is 4. The quantitative estimate of drug-likeness (QED) is 0.608. The monoisotopic (exact) mass is 460 g/mol. The molecule has 1 atom stereocenters. The first-order valence-electron chi connectivity index (χ1n) is 12.2. The molecule has 3 aromatic rings. The summed E-state index contributed by atoms with van der Waals surface area (Å²) in [6, 6.07) is 14.9. The van der Waals surface area contributed by atoms with Gasteiger partial charge in [0, 0.05) is 30.0 Å². The van der Waals surface area contributed by atoms with Crippen molar-refractivity contribution in [2.45, 2.75) is 64.0 Å². The maximum Gasteiger partial charge on any atom is 0.414 e. The van der Waals surface area contributed by atoms with Gasteiger partial charge < -0.3 is 15.0 Å². The standard InChI is InChI=1S/C27H32N4O3/c1-17-8-13-21-22(30(17)27(33)34-2)14-15-23-25(21)29-24(16-18-6-4-3-5-7-18)31(23)20-11-9-19(10-12-20)26(28)32/h3-7,14-15,17,19-20H,8-13,16H2,1-2H3,(H2,28,32)/t17-,19?,20?/m0/s1. The Balaban J connectivity index is 1.61. The predicted octanol–water partition coefficient (Wildman–Crippen LogP) is 4.75. The number of aromatic nitrogens is 2. The van der Waals surface area contributed by atoms with Crippen molar-refractivity contribution >= 4 is 28.7 Å². The molecule has 2 aliphatic rings. The van der Waals surface area contributed by atoms with E-state index >= 15 is 0 Å². The number of primary amides is 1. The minimum absolute atomic E-state index is 0.0357. The summed E-state index contributed by atoms with van der Waals surface area (Å²) in [6.07, 6.45) is 5.57. The zero-order valence-corrected chi connectivity index (χ0v) is 19.9. The van der Waals surface area contributed by atoms with Crippen LogP contribution in [0.25, 0.3) is 11.0 Å². The largest absolute Gasteiger partial charge is 0.452 e. The lowest BCUT2D eigenvalue weighted by molar-refractivity contribution is -0.122. The SMILES string of the molecule is COC(=O)N1c2ccc3c(nc(Cc4ccccc4)n3C3CCC(C(N)=O)CC3)c2CC[C@@H]1C. The van der Waals surface area contributed by atoms with E-state index < -0.39 is 0 Å². The number of ether oxygens (including phenoxy) is 1. The van der Waals surface area contributed by atoms with Gasteiger partial charge in [-0.15, -0.1) is 0 Å². The summed E-state index contributed by atoms with van der Waals surface area (Å²) < 4.78 is 7.47. The fraction of sp³-hybridized carbons (Fsp3) is 0.444. The molecule has 2 heterocycles. The molecule has 5 rings (SSSR count). The average Bonchev–Trinajstić information content (AvgIpc) is 3.22. The van der Waals surface area contributed by atoms with E-state index in [2.05, 4.69) is 41.8 Å². The van der Waals surface area contributed by atoms with Crippen LogP contribution >= 0.6 is 0 Å². The highest BCUT2D eigenvalue weighted by Crippen LogP contribution is 2.40. The normalized spacial score (nSPS) is 22.4. The molecule has 1 aliphatic heterocycles. The number of carbonyl (C=O) groups excluding carboxylic acids is 2. The number of nitrogens with zero attached hydrogens (tertiary/aromatic N) is 3. The Morgan fingerprint density at radius 1 is 1.06 bits per heavy atom. The second kappa shape index (κ2) is 9.12. The van der Waals surface area contributed by atoms with E-state index in [1.165, 1.54) is 12.7 Å². The van der Waals surface area contributed by atoms with Crippen molar-refractivity contribution in [3.8, 4) is 0 Å². The van der Waals surface area contributed by atoms with Crippen molar-refractivity contribution in [2.24, 2.45) is 11.7 Å². The molecule has 7 nitrogen and oxygen atoms in total. The number of fused-ring (bicyclic) bond motifs is 3. The Morgan fingerprint density at radius 3 is 2.47 bits per heavy atom. The topological polar surface area (TPSA) is 90.4 Å². The van der Waals surface area contributed by atoms with E-state index in [1.54, 1.807) is 4.90 Å². The zero-order chi connectivity index (χ0) is 23.8. The van der Waals surface area contributed by atoms with Crippen molar-refractivity contribution in [3.05, 3.63) is 59.4 Å². The summed E-state index contributed by atoms with van der Waals surface area (Å²) in [6.45, 7) is 2.06. The van der Waals surface area contributed by atoms with Gasteiger partial charge in [-0.25, -0.2) is 9.78 Å². The molecule has 0 unspecified atom stereocenters. The first kappa shape index (κ1) is 22.4. The van der Waals surface area contributed by atoms with Crippen LogP contribution in [-0.4, -0.2) is 34.7 Å². The molecular formula is C27H32N4O3. The first-order valence-corrected chi connectivity index (χ1v) is 12.2. The third-order valence-corrected chi connectivity index (χ3v) is 7.57. The second-order valence-corrected chi connectivity index (χ2v) is 9.63. The van der Waals surface area contributed by atoms with Gasteiger partial charge in [0.1, 0.15) is 5.82 Å². The van der Waals surface area contributed by atoms with Gasteiger partial charge in [-0.3, -0.25) is 9.69 Å². The summed E-state index contributed by atoms with van der Waals surface area (Å²) in [5.74, 6) is 0.802. The van der Waals surface area contributed by atoms with Crippen LogP contribution in [0.15, 0.2) is 42.5 Å². The molecule has 0 saturated heterocycles. The van der Waals surface area contributed by atoms with Crippen LogP contribution in [0.1, 0.15) is 62.0 Å². The van der Waals surface area contributed by atoms with Gasteiger partial charge in [0.25, 0.3) is 0 Å². The zero-order valence-electron chi connectivity index (χ0n) is 19.9. The molecule has 2 amide bonds. The molecule has 1 aliphatic carbocycles. The van der Waals surface area contributed by atoms with Gasteiger partial charge in [0.05, 0.1) is 23.8 Å². The second-order valence-electron chi connectivity index (χ2n) is 9.63. The summed E-state index contributed by atoms with van der Waals surface area (Å²) >= 11 is 0. The van der Waals surface area contributed by atoms with Crippen LogP contribution in [0.2, 0.25) is 0 Å². The van der Waals surface area contributed by atoms with Crippen molar-refractivity contribution < 1.29 is 14.3 Å². The fourth-order valence-electron chi connectivity index (χ4n) is 5.75. The number of methoxy groups -OCH3 is 1. The number of amides is 2. The molecule has 2 N–H and O–H groups in total. The molecule has 0 radical (unpaired) electrons. The summed E-state index contributed by atoms with van der Waals surface area (Å²) in [5, 5.41) is 0. The molecular weight excluding hydrogens is 428 g/mol. The van der Waals surface area contributed by atoms with Crippen LogP contribution in [0, 0.1) is 5.92 Å². The highest BCUT2D eigenvalue weighted by Gasteiger charge is 2.33. The summed E-state index contributed by atoms with van der Waals surface area (Å²) in [7, 11) is 1.43. The maximum absolute atomic E-state index is 12.6. The Kier molecular flexibility index (Phi) is 6.02. The molecule has 1 aromatic heterocycles. The van der Waals surface area contributed by atoms with E-state index in [0.717, 1.165) is 73.1 Å². The van der Waals surface area contributed by atoms with E-state index in [0.29, 0.717) is 0 Å². The number of carbonyl (C=O) groups is 2. The average molecular weight is 461 g/mol. The van der Waals surface area contributed by atoms with Gasteiger partial charge in [-0.2, -0.15) is 0 Å². The number of anilines is 1. The molecule has 0 bridgehead atoms. The highest BCUT2D eigenvalue weighted by molar-refractivity contribution is 5.95. The van der Waals surface area contributed by atoms with Crippen LogP contribution < -0.4 is 10.6 Å². The lowest BCUT2D eigenvalue weighted by Crippen LogP contribution is -2.42. The van der Waals surface area contributed by atoms with Gasteiger partial charge in [-0.05, 0) is 63.1 Å². The number of imidazole rings is 1. The lowest BCUT2D eigenvalue weighted by Gasteiger charge is -2.34. The van der Waals surface area contributed by atoms with Crippen molar-refractivity contribution in [3.63, 3.8) is 0 Å². The third-order valence-electron chi connectivity index (χ3n) is 7.57. The highest BCUT2D eigenvalue weighted by atomic mass is 16.5. The van der Waals surface area contributed by atoms with Gasteiger partial charge in [0.2, 0.25) is 5.91 Å². The maximum atomic E-state index is 12.6. The number of nitrogens with two attached hydrogens (primary N) is 1. The molecule has 34 heavy (non-hydrogen) atoms. The van der Waals surface area contributed by atoms with Crippen molar-refractivity contribution in [2.75, 3.05) is 12.0 Å². The lowest BCUT2D eigenvalue weighted by atomic mass is 9.85. The Morgan fingerprint density at radius 2 is 1.79 bits per heavy atom. The van der Waals surface area contributed by atoms with Gasteiger partial charge in [-0.1, -0.05) is 30.3 Å². The van der Waals surface area contributed by atoms with Gasteiger partial charge >= 0.3 is 6.09 Å². The first-order chi connectivity index (χ1) is 16.5. The molecule has 1 saturated carbocycles. The van der Waals surface area contributed by atoms with Gasteiger partial charge in [0.15, 0.2) is 0 Å². The summed E-state index contributed by atoms with van der Waals surface area (Å²) in [5.41, 5.74) is 10.9. The number of benzene rings is 2. The Labute approximate surface area is 199 Å². The minimum atomic E-state index is -0.332. The fourth-order valence-corrected chi connectivity index (χ4v) is 5.75. The van der Waals surface area contributed by atoms with Crippen LogP contribution in [0.5, 0.6) is 0 Å². The van der Waals surface area contributed by atoms with Crippen LogP contribution in [0.4, 0.5) is 10.5 Å². The number of hydrogen-bond donors (Lipinski definition) is 1. The van der Waals surface area contributed by atoms with Crippen molar-refractivity contribution in [1.82, 2.24) is 9.55 Å². The number of rotatable bonds is 4. The van der Waals surface area contributed by atoms with Crippen LogP contribution in [0.3, 0.4) is 0 Å². The third kappa shape index (κ3) is 3.93. The molecule has 0 spiro atoms. The van der Waals surface area contributed by atoms with E-state index in [4.69, 9.17) is 15.5 Å². The summed E-state index contributed by atoms with van der Waals surface area (Å²) in [4.78, 5) is 31.2. The number of aryl methyl sites for hydroxylation is 1.